The van der Waals surface area contributed by atoms with E-state index in [-0.39, 0.29) is 29.4 Å². The van der Waals surface area contributed by atoms with Crippen LogP contribution in [-0.2, 0) is 9.84 Å². The van der Waals surface area contributed by atoms with Crippen LogP contribution in [-0.4, -0.2) is 54.0 Å². The first-order valence-corrected chi connectivity index (χ1v) is 9.76. The monoisotopic (exact) mass is 351 g/mol. The van der Waals surface area contributed by atoms with Gasteiger partial charge in [0.05, 0.1) is 28.1 Å². The van der Waals surface area contributed by atoms with Crippen LogP contribution in [0.5, 0.6) is 0 Å². The van der Waals surface area contributed by atoms with Gasteiger partial charge in [0.1, 0.15) is 0 Å². The molecule has 1 saturated heterocycles. The highest BCUT2D eigenvalue weighted by atomic mass is 32.2. The van der Waals surface area contributed by atoms with E-state index in [0.29, 0.717) is 28.8 Å². The van der Waals surface area contributed by atoms with Gasteiger partial charge in [0.25, 0.3) is 11.6 Å². The highest BCUT2D eigenvalue weighted by Gasteiger charge is 2.34. The molecule has 1 aliphatic rings. The lowest BCUT2D eigenvalue weighted by molar-refractivity contribution is 0.0749. The lowest BCUT2D eigenvalue weighted by atomic mass is 10.0. The number of sulfone groups is 1. The predicted molar refractivity (Wildman–Crippen MR) is 89.8 cm³/mol. The number of carbonyl (C=O) groups excluding carboxylic acids is 1. The summed E-state index contributed by atoms with van der Waals surface area (Å²) in [6, 6.07) is 1.47. The van der Waals surface area contributed by atoms with Crippen molar-refractivity contribution < 1.29 is 17.7 Å². The first kappa shape index (κ1) is 16.9. The zero-order valence-corrected chi connectivity index (χ0v) is 15.1. The van der Waals surface area contributed by atoms with Crippen LogP contribution < -0.4 is 0 Å². The van der Waals surface area contributed by atoms with Crippen molar-refractivity contribution in [2.45, 2.75) is 39.2 Å². The fourth-order valence-electron chi connectivity index (χ4n) is 3.01. The molecule has 130 valence electrons. The van der Waals surface area contributed by atoms with Gasteiger partial charge < -0.3 is 9.42 Å². The van der Waals surface area contributed by atoms with E-state index in [2.05, 4.69) is 10.1 Å². The molecule has 2 aromatic rings. The minimum atomic E-state index is -3.05. The molecule has 3 rings (SSSR count). The maximum Gasteiger partial charge on any atom is 0.259 e. The zero-order chi connectivity index (χ0) is 17.6. The van der Waals surface area contributed by atoms with Crippen LogP contribution in [0.1, 0.15) is 47.9 Å². The number of rotatable bonds is 3. The largest absolute Gasteiger partial charge is 0.338 e. The van der Waals surface area contributed by atoms with Crippen LogP contribution in [0.3, 0.4) is 0 Å². The number of hydrogen-bond donors (Lipinski definition) is 0. The van der Waals surface area contributed by atoms with Gasteiger partial charge in [-0.2, -0.15) is 0 Å². The molecule has 0 spiro atoms. The fourth-order valence-corrected chi connectivity index (χ4v) is 4.79. The second kappa shape index (κ2) is 5.84. The third-order valence-electron chi connectivity index (χ3n) is 4.54. The Kier molecular flexibility index (Phi) is 4.11. The average Bonchev–Trinajstić information content (AvgIpc) is 3.07. The lowest BCUT2D eigenvalue weighted by Crippen LogP contribution is -2.38. The van der Waals surface area contributed by atoms with Crippen molar-refractivity contribution in [2.24, 2.45) is 0 Å². The SMILES string of the molecule is Cc1noc2nc(C(C)C)cc(C(=O)N(C)C3CCS(=O)(=O)C3)c12. The van der Waals surface area contributed by atoms with E-state index >= 15 is 0 Å². The van der Waals surface area contributed by atoms with Gasteiger partial charge >= 0.3 is 0 Å². The quantitative estimate of drug-likeness (QED) is 0.838. The van der Waals surface area contributed by atoms with Crippen LogP contribution >= 0.6 is 0 Å². The minimum Gasteiger partial charge on any atom is -0.338 e. The Morgan fingerprint density at radius 2 is 2.12 bits per heavy atom. The predicted octanol–water partition coefficient (Wildman–Crippen LogP) is 1.91. The molecule has 7 nitrogen and oxygen atoms in total. The standard InChI is InChI=1S/C16H21N3O4S/c1-9(2)13-7-12(14-10(3)18-23-15(14)17-13)16(20)19(4)11-5-6-24(21,22)8-11/h7,9,11H,5-6,8H2,1-4H3. The molecule has 2 aromatic heterocycles. The summed E-state index contributed by atoms with van der Waals surface area (Å²) in [5.41, 5.74) is 2.15. The number of amides is 1. The highest BCUT2D eigenvalue weighted by molar-refractivity contribution is 7.91. The van der Waals surface area contributed by atoms with Gasteiger partial charge in [0.15, 0.2) is 9.84 Å². The van der Waals surface area contributed by atoms with Crippen LogP contribution in [0.25, 0.3) is 11.1 Å². The minimum absolute atomic E-state index is 0.0170. The van der Waals surface area contributed by atoms with Crippen LogP contribution in [0.15, 0.2) is 10.6 Å². The summed E-state index contributed by atoms with van der Waals surface area (Å²) < 4.78 is 28.6. The van der Waals surface area contributed by atoms with Crippen molar-refractivity contribution >= 4 is 26.8 Å². The van der Waals surface area contributed by atoms with E-state index in [1.54, 1.807) is 20.0 Å². The number of aryl methyl sites for hydroxylation is 1. The third-order valence-corrected chi connectivity index (χ3v) is 6.29. The molecule has 1 atom stereocenters. The smallest absolute Gasteiger partial charge is 0.259 e. The van der Waals surface area contributed by atoms with E-state index in [0.717, 1.165) is 5.69 Å². The topological polar surface area (TPSA) is 93.4 Å². The van der Waals surface area contributed by atoms with Crippen LogP contribution in [0.2, 0.25) is 0 Å². The number of pyridine rings is 1. The van der Waals surface area contributed by atoms with Crippen LogP contribution in [0.4, 0.5) is 0 Å². The maximum atomic E-state index is 13.0. The van der Waals surface area contributed by atoms with Gasteiger partial charge in [0.2, 0.25) is 0 Å². The Morgan fingerprint density at radius 1 is 1.42 bits per heavy atom. The summed E-state index contributed by atoms with van der Waals surface area (Å²) in [7, 11) is -1.40. The normalized spacial score (nSPS) is 20.0. The third kappa shape index (κ3) is 2.90. The number of hydrogen-bond acceptors (Lipinski definition) is 6. The summed E-state index contributed by atoms with van der Waals surface area (Å²) in [5.74, 6) is 0.0504. The Morgan fingerprint density at radius 3 is 2.71 bits per heavy atom. The van der Waals surface area contributed by atoms with Crippen molar-refractivity contribution in [3.63, 3.8) is 0 Å². The first-order valence-electron chi connectivity index (χ1n) is 7.94. The molecule has 0 aliphatic carbocycles. The molecule has 0 radical (unpaired) electrons. The molecule has 1 aliphatic heterocycles. The number of carbonyl (C=O) groups is 1. The van der Waals surface area contributed by atoms with Crippen molar-refractivity contribution in [3.8, 4) is 0 Å². The van der Waals surface area contributed by atoms with E-state index in [1.165, 1.54) is 4.90 Å². The zero-order valence-electron chi connectivity index (χ0n) is 14.2. The Hall–Kier alpha value is -1.96. The molecule has 1 amide bonds. The molecule has 0 bridgehead atoms. The molecule has 24 heavy (non-hydrogen) atoms. The summed E-state index contributed by atoms with van der Waals surface area (Å²) in [6.45, 7) is 5.73. The Labute approximate surface area is 140 Å². The van der Waals surface area contributed by atoms with E-state index in [9.17, 15) is 13.2 Å². The van der Waals surface area contributed by atoms with E-state index in [1.807, 2.05) is 13.8 Å². The van der Waals surface area contributed by atoms with Gasteiger partial charge in [-0.15, -0.1) is 0 Å². The maximum absolute atomic E-state index is 13.0. The van der Waals surface area contributed by atoms with Gasteiger partial charge in [-0.3, -0.25) is 4.79 Å². The van der Waals surface area contributed by atoms with Crippen LogP contribution in [0, 0.1) is 6.92 Å². The summed E-state index contributed by atoms with van der Waals surface area (Å²) in [6.07, 6.45) is 0.471. The van der Waals surface area contributed by atoms with Gasteiger partial charge in [0, 0.05) is 18.8 Å². The highest BCUT2D eigenvalue weighted by Crippen LogP contribution is 2.27. The number of nitrogens with zero attached hydrogens (tertiary/aromatic N) is 3. The molecule has 1 fully saturated rings. The molecule has 1 unspecified atom stereocenters. The second-order valence-electron chi connectivity index (χ2n) is 6.67. The van der Waals surface area contributed by atoms with Gasteiger partial charge in [-0.25, -0.2) is 13.4 Å². The molecule has 3 heterocycles. The summed E-state index contributed by atoms with van der Waals surface area (Å²) in [4.78, 5) is 19.0. The molecular formula is C16H21N3O4S. The van der Waals surface area contributed by atoms with Crippen molar-refractivity contribution in [3.05, 3.63) is 23.0 Å². The second-order valence-corrected chi connectivity index (χ2v) is 8.90. The van der Waals surface area contributed by atoms with Gasteiger partial charge in [-0.1, -0.05) is 19.0 Å². The summed E-state index contributed by atoms with van der Waals surface area (Å²) >= 11 is 0. The van der Waals surface area contributed by atoms with E-state index < -0.39 is 9.84 Å². The van der Waals surface area contributed by atoms with Crippen molar-refractivity contribution in [2.75, 3.05) is 18.6 Å². The first-order chi connectivity index (χ1) is 11.2. The lowest BCUT2D eigenvalue weighted by Gasteiger charge is -2.24. The molecule has 8 heteroatoms. The number of aromatic nitrogens is 2. The van der Waals surface area contributed by atoms with Crippen molar-refractivity contribution in [1.29, 1.82) is 0 Å². The van der Waals surface area contributed by atoms with Crippen molar-refractivity contribution in [1.82, 2.24) is 15.0 Å². The summed E-state index contributed by atoms with van der Waals surface area (Å²) in [5, 5.41) is 4.51. The molecule has 0 aromatic carbocycles. The molecule has 0 saturated carbocycles. The average molecular weight is 351 g/mol. The molecule has 0 N–H and O–H groups in total. The molecular weight excluding hydrogens is 330 g/mol. The van der Waals surface area contributed by atoms with E-state index in [4.69, 9.17) is 4.52 Å². The number of fused-ring (bicyclic) bond motifs is 1. The van der Waals surface area contributed by atoms with Gasteiger partial charge in [-0.05, 0) is 25.3 Å². The fraction of sp³-hybridized carbons (Fsp3) is 0.562. The Bertz CT molecular complexity index is 901. The Balaban J connectivity index is 2.04.